The number of fused-ring (bicyclic) bond motifs is 1. The van der Waals surface area contributed by atoms with Crippen molar-refractivity contribution in [3.8, 4) is 33.2 Å². The Morgan fingerprint density at radius 3 is 2.72 bits per heavy atom. The Kier molecular flexibility index (Phi) is 5.22. The average molecular weight is 438 g/mol. The molecule has 0 radical (unpaired) electrons. The fourth-order valence-electron chi connectivity index (χ4n) is 2.89. The molecular weight excluding hydrogens is 421 g/mol. The van der Waals surface area contributed by atoms with Gasteiger partial charge in [-0.05, 0) is 29.1 Å². The highest BCUT2D eigenvalue weighted by Crippen LogP contribution is 2.40. The zero-order chi connectivity index (χ0) is 20.6. The van der Waals surface area contributed by atoms with Gasteiger partial charge < -0.3 is 0 Å². The summed E-state index contributed by atoms with van der Waals surface area (Å²) in [6, 6.07) is 9.97. The van der Waals surface area contributed by atoms with Crippen molar-refractivity contribution >= 4 is 41.1 Å². The smallest absolute Gasteiger partial charge is 0.223 e. The molecule has 0 saturated carbocycles. The Labute approximate surface area is 178 Å². The van der Waals surface area contributed by atoms with Gasteiger partial charge in [0.25, 0.3) is 0 Å². The molecule has 0 aliphatic heterocycles. The van der Waals surface area contributed by atoms with Crippen LogP contribution in [0.2, 0.25) is 24.9 Å². The maximum atomic E-state index is 14.3. The van der Waals surface area contributed by atoms with E-state index in [0.29, 0.717) is 4.88 Å². The minimum atomic E-state index is -1.52. The van der Waals surface area contributed by atoms with Crippen LogP contribution in [0.4, 0.5) is 4.39 Å². The van der Waals surface area contributed by atoms with E-state index >= 15 is 0 Å². The first kappa shape index (κ1) is 19.7. The van der Waals surface area contributed by atoms with Crippen molar-refractivity contribution in [2.45, 2.75) is 19.6 Å². The summed E-state index contributed by atoms with van der Waals surface area (Å²) in [7, 11) is -1.52. The lowest BCUT2D eigenvalue weighted by Gasteiger charge is -2.07. The highest BCUT2D eigenvalue weighted by molar-refractivity contribution is 7.22. The van der Waals surface area contributed by atoms with Crippen molar-refractivity contribution in [1.82, 2.24) is 15.0 Å². The molecule has 0 spiro atoms. The largest absolute Gasteiger partial charge is 0.263 e. The third-order valence-electron chi connectivity index (χ3n) is 4.18. The first-order valence-corrected chi connectivity index (χ1v) is 13.7. The Bertz CT molecular complexity index is 1280. The molecule has 144 valence electrons. The second-order valence-electron chi connectivity index (χ2n) is 7.59. The molecule has 0 aliphatic carbocycles. The molecule has 3 aromatic heterocycles. The molecule has 3 heterocycles. The number of benzene rings is 1. The summed E-state index contributed by atoms with van der Waals surface area (Å²) in [5, 5.41) is 1.04. The van der Waals surface area contributed by atoms with E-state index in [-0.39, 0.29) is 11.0 Å². The molecule has 0 N–H and O–H groups in total. The number of thiophene rings is 1. The number of pyridine rings is 1. The van der Waals surface area contributed by atoms with E-state index in [1.165, 1.54) is 11.3 Å². The molecule has 0 fully saturated rings. The molecule has 0 aliphatic rings. The van der Waals surface area contributed by atoms with Gasteiger partial charge in [0.2, 0.25) is 5.28 Å². The van der Waals surface area contributed by atoms with Gasteiger partial charge in [0.05, 0.1) is 16.6 Å². The van der Waals surface area contributed by atoms with Crippen molar-refractivity contribution in [3.63, 3.8) is 0 Å². The number of nitrogens with zero attached hydrogens (tertiary/aromatic N) is 3. The van der Waals surface area contributed by atoms with Crippen molar-refractivity contribution in [2.75, 3.05) is 0 Å². The first-order chi connectivity index (χ1) is 13.8. The fourth-order valence-corrected chi connectivity index (χ4v) is 4.72. The van der Waals surface area contributed by atoms with Gasteiger partial charge >= 0.3 is 0 Å². The molecule has 0 amide bonds. The quantitative estimate of drug-likeness (QED) is 0.206. The summed E-state index contributed by atoms with van der Waals surface area (Å²) in [4.78, 5) is 12.7. The topological polar surface area (TPSA) is 38.7 Å². The summed E-state index contributed by atoms with van der Waals surface area (Å²) >= 11 is 7.36. The number of hydrogen-bond donors (Lipinski definition) is 0. The van der Waals surface area contributed by atoms with Crippen LogP contribution in [0, 0.1) is 17.3 Å². The van der Waals surface area contributed by atoms with Crippen LogP contribution in [0.5, 0.6) is 0 Å². The molecule has 4 aromatic rings. The molecular formula is C22H17ClFN3SSi. The minimum absolute atomic E-state index is 0.0251. The van der Waals surface area contributed by atoms with Crippen LogP contribution in [0.3, 0.4) is 0 Å². The predicted molar refractivity (Wildman–Crippen MR) is 121 cm³/mol. The van der Waals surface area contributed by atoms with Crippen LogP contribution < -0.4 is 0 Å². The molecule has 0 bridgehead atoms. The molecule has 3 nitrogen and oxygen atoms in total. The molecule has 7 heteroatoms. The highest BCUT2D eigenvalue weighted by atomic mass is 35.5. The average Bonchev–Trinajstić information content (AvgIpc) is 3.12. The summed E-state index contributed by atoms with van der Waals surface area (Å²) in [6.07, 6.45) is 4.68. The Morgan fingerprint density at radius 2 is 1.93 bits per heavy atom. The zero-order valence-electron chi connectivity index (χ0n) is 16.1. The Balaban J connectivity index is 1.90. The van der Waals surface area contributed by atoms with Gasteiger partial charge in [-0.3, -0.25) is 4.98 Å². The van der Waals surface area contributed by atoms with Crippen molar-refractivity contribution in [1.29, 1.82) is 0 Å². The van der Waals surface area contributed by atoms with Crippen LogP contribution in [-0.2, 0) is 0 Å². The molecule has 29 heavy (non-hydrogen) atoms. The first-order valence-electron chi connectivity index (χ1n) is 9.00. The second-order valence-corrected chi connectivity index (χ2v) is 13.7. The second kappa shape index (κ2) is 7.67. The van der Waals surface area contributed by atoms with E-state index in [1.54, 1.807) is 12.4 Å². The maximum absolute atomic E-state index is 14.3. The Morgan fingerprint density at radius 1 is 1.10 bits per heavy atom. The lowest BCUT2D eigenvalue weighted by atomic mass is 10.0. The summed E-state index contributed by atoms with van der Waals surface area (Å²) in [6.45, 7) is 6.64. The third-order valence-corrected chi connectivity index (χ3v) is 6.42. The van der Waals surface area contributed by atoms with E-state index in [2.05, 4.69) is 52.1 Å². The third kappa shape index (κ3) is 4.22. The van der Waals surface area contributed by atoms with Gasteiger partial charge in [0.15, 0.2) is 5.82 Å². The van der Waals surface area contributed by atoms with Crippen molar-refractivity contribution in [3.05, 3.63) is 65.6 Å². The van der Waals surface area contributed by atoms with Crippen molar-refractivity contribution in [2.24, 2.45) is 0 Å². The number of halogens is 2. The van der Waals surface area contributed by atoms with Gasteiger partial charge in [-0.2, -0.15) is 0 Å². The SMILES string of the molecule is C[Si](C)(C)C#Cc1cnccc1-c1cccc2cc(-c3nc(Cl)ncc3F)sc12. The summed E-state index contributed by atoms with van der Waals surface area (Å²) < 4.78 is 15.3. The molecule has 0 saturated heterocycles. The number of hydrogen-bond acceptors (Lipinski definition) is 4. The summed E-state index contributed by atoms with van der Waals surface area (Å²) in [5.74, 6) is 2.83. The van der Waals surface area contributed by atoms with Gasteiger partial charge in [0, 0.05) is 28.2 Å². The van der Waals surface area contributed by atoms with Crippen LogP contribution in [0.1, 0.15) is 5.56 Å². The van der Waals surface area contributed by atoms with Gasteiger partial charge in [0.1, 0.15) is 13.8 Å². The van der Waals surface area contributed by atoms with E-state index in [0.717, 1.165) is 33.0 Å². The number of rotatable bonds is 2. The highest BCUT2D eigenvalue weighted by Gasteiger charge is 2.16. The number of aromatic nitrogens is 3. The van der Waals surface area contributed by atoms with Crippen molar-refractivity contribution < 1.29 is 4.39 Å². The molecule has 4 rings (SSSR count). The summed E-state index contributed by atoms with van der Waals surface area (Å²) in [5.41, 5.74) is 6.59. The Hall–Kier alpha value is -2.59. The van der Waals surface area contributed by atoms with Gasteiger partial charge in [-0.15, -0.1) is 16.9 Å². The molecule has 0 atom stereocenters. The van der Waals surface area contributed by atoms with E-state index in [1.807, 2.05) is 24.3 Å². The lowest BCUT2D eigenvalue weighted by Crippen LogP contribution is -2.16. The van der Waals surface area contributed by atoms with Crippen LogP contribution in [0.25, 0.3) is 31.8 Å². The molecule has 0 unspecified atom stereocenters. The van der Waals surface area contributed by atoms with Crippen LogP contribution >= 0.6 is 22.9 Å². The van der Waals surface area contributed by atoms with E-state index in [9.17, 15) is 4.39 Å². The predicted octanol–water partition coefficient (Wildman–Crippen LogP) is 6.44. The zero-order valence-corrected chi connectivity index (χ0v) is 18.7. The maximum Gasteiger partial charge on any atom is 0.223 e. The fraction of sp³-hybridized carbons (Fsp3) is 0.136. The standard InChI is InChI=1S/C22H17ClFN3SSi/c1-29(2,3)10-8-15-12-25-9-7-16(15)17-6-4-5-14-11-19(28-21(14)17)20-18(24)13-26-22(23)27-20/h4-7,9,11-13H,1-3H3. The minimum Gasteiger partial charge on any atom is -0.263 e. The normalized spacial score (nSPS) is 11.3. The van der Waals surface area contributed by atoms with E-state index < -0.39 is 13.9 Å². The molecule has 1 aromatic carbocycles. The lowest BCUT2D eigenvalue weighted by molar-refractivity contribution is 0.618. The monoisotopic (exact) mass is 437 g/mol. The van der Waals surface area contributed by atoms with Gasteiger partial charge in [-0.25, -0.2) is 14.4 Å². The van der Waals surface area contributed by atoms with E-state index in [4.69, 9.17) is 11.6 Å². The van der Waals surface area contributed by atoms with Gasteiger partial charge in [-0.1, -0.05) is 43.8 Å². The van der Waals surface area contributed by atoms with Crippen LogP contribution in [0.15, 0.2) is 48.9 Å². The van der Waals surface area contributed by atoms with Crippen LogP contribution in [-0.4, -0.2) is 23.0 Å².